The van der Waals surface area contributed by atoms with E-state index in [2.05, 4.69) is 27.0 Å². The predicted octanol–water partition coefficient (Wildman–Crippen LogP) is 4.20. The van der Waals surface area contributed by atoms with Gasteiger partial charge in [0.2, 0.25) is 5.91 Å². The Morgan fingerprint density at radius 1 is 1.25 bits per heavy atom. The monoisotopic (exact) mass is 386 g/mol. The Kier molecular flexibility index (Phi) is 3.88. The Balaban J connectivity index is 1.58. The number of rotatable bonds is 2. The zero-order valence-corrected chi connectivity index (χ0v) is 14.6. The van der Waals surface area contributed by atoms with E-state index in [0.29, 0.717) is 18.7 Å². The van der Waals surface area contributed by atoms with Crippen molar-refractivity contribution >= 4 is 32.7 Å². The van der Waals surface area contributed by atoms with E-state index >= 15 is 0 Å². The maximum Gasteiger partial charge on any atom is 0.227 e. The maximum atomic E-state index is 13.3. The second kappa shape index (κ2) is 6.06. The van der Waals surface area contributed by atoms with Gasteiger partial charge in [-0.15, -0.1) is 0 Å². The normalized spacial score (nSPS) is 14.0. The van der Waals surface area contributed by atoms with Gasteiger partial charge in [0.1, 0.15) is 5.82 Å². The smallest absolute Gasteiger partial charge is 0.227 e. The van der Waals surface area contributed by atoms with Gasteiger partial charge in [-0.2, -0.15) is 0 Å². The molecular weight excluding hydrogens is 371 g/mol. The average Bonchev–Trinajstić information content (AvgIpc) is 2.94. The van der Waals surface area contributed by atoms with Crippen molar-refractivity contribution in [2.24, 2.45) is 0 Å². The molecule has 1 aliphatic rings. The van der Waals surface area contributed by atoms with Crippen LogP contribution in [0.25, 0.3) is 10.9 Å². The number of carbonyl (C=O) groups excluding carboxylic acids is 1. The Hall–Kier alpha value is -2.14. The molecule has 0 unspecified atom stereocenters. The van der Waals surface area contributed by atoms with Gasteiger partial charge in [0.15, 0.2) is 0 Å². The van der Waals surface area contributed by atoms with Crippen molar-refractivity contribution in [2.75, 3.05) is 6.54 Å². The zero-order valence-electron chi connectivity index (χ0n) is 13.0. The number of aromatic amines is 1. The van der Waals surface area contributed by atoms with Crippen LogP contribution in [-0.2, 0) is 24.2 Å². The summed E-state index contributed by atoms with van der Waals surface area (Å²) in [6, 6.07) is 12.4. The van der Waals surface area contributed by atoms with Crippen LogP contribution < -0.4 is 0 Å². The number of halogens is 2. The number of nitrogens with zero attached hydrogens (tertiary/aromatic N) is 1. The van der Waals surface area contributed by atoms with E-state index < -0.39 is 0 Å². The van der Waals surface area contributed by atoms with E-state index in [9.17, 15) is 9.18 Å². The maximum absolute atomic E-state index is 13.3. The first-order valence-corrected chi connectivity index (χ1v) is 8.71. The molecular formula is C19H16BrFN2O. The van der Waals surface area contributed by atoms with Crippen molar-refractivity contribution in [1.82, 2.24) is 9.88 Å². The van der Waals surface area contributed by atoms with E-state index in [1.807, 2.05) is 17.0 Å². The highest BCUT2D eigenvalue weighted by molar-refractivity contribution is 9.10. The lowest BCUT2D eigenvalue weighted by atomic mass is 10.0. The number of fused-ring (bicyclic) bond motifs is 3. The van der Waals surface area contributed by atoms with E-state index in [0.717, 1.165) is 21.8 Å². The molecule has 122 valence electrons. The van der Waals surface area contributed by atoms with E-state index in [1.165, 1.54) is 23.4 Å². The second-order valence-electron chi connectivity index (χ2n) is 6.12. The summed E-state index contributed by atoms with van der Waals surface area (Å²) in [4.78, 5) is 17.9. The molecule has 1 N–H and O–H groups in total. The first-order valence-electron chi connectivity index (χ1n) is 7.92. The van der Waals surface area contributed by atoms with Crippen LogP contribution in [0, 0.1) is 5.82 Å². The number of hydrogen-bond acceptors (Lipinski definition) is 1. The van der Waals surface area contributed by atoms with Crippen LogP contribution in [0.4, 0.5) is 4.39 Å². The molecule has 4 rings (SSSR count). The number of carbonyl (C=O) groups is 1. The van der Waals surface area contributed by atoms with Gasteiger partial charge in [-0.05, 0) is 39.7 Å². The first kappa shape index (κ1) is 15.4. The lowest BCUT2D eigenvalue weighted by Crippen LogP contribution is -2.36. The van der Waals surface area contributed by atoms with E-state index in [4.69, 9.17) is 0 Å². The number of nitrogens with one attached hydrogen (secondary N) is 1. The van der Waals surface area contributed by atoms with Gasteiger partial charge in [-0.1, -0.05) is 24.3 Å². The number of hydrogen-bond donors (Lipinski definition) is 1. The van der Waals surface area contributed by atoms with Crippen LogP contribution in [0.2, 0.25) is 0 Å². The average molecular weight is 387 g/mol. The summed E-state index contributed by atoms with van der Waals surface area (Å²) in [6.45, 7) is 1.28. The number of aromatic nitrogens is 1. The molecule has 0 aliphatic carbocycles. The summed E-state index contributed by atoms with van der Waals surface area (Å²) in [5.74, 6) is -0.265. The van der Waals surface area contributed by atoms with Gasteiger partial charge >= 0.3 is 0 Å². The first-order chi connectivity index (χ1) is 11.6. The molecule has 1 aromatic heterocycles. The Morgan fingerprint density at radius 2 is 2.08 bits per heavy atom. The minimum Gasteiger partial charge on any atom is -0.357 e. The van der Waals surface area contributed by atoms with Crippen molar-refractivity contribution in [3.63, 3.8) is 0 Å². The van der Waals surface area contributed by atoms with Crippen molar-refractivity contribution in [3.8, 4) is 0 Å². The molecule has 1 amide bonds. The number of amides is 1. The number of H-pyrrole nitrogens is 1. The lowest BCUT2D eigenvalue weighted by molar-refractivity contribution is -0.131. The second-order valence-corrected chi connectivity index (χ2v) is 6.97. The number of para-hydroxylation sites is 1. The summed E-state index contributed by atoms with van der Waals surface area (Å²) >= 11 is 3.57. The highest BCUT2D eigenvalue weighted by Crippen LogP contribution is 2.31. The molecule has 0 bridgehead atoms. The SMILES string of the molecule is O=C(Cc1cccc(F)c1)N1CCc2[nH]c3c(Br)cccc3c2C1. The fraction of sp³-hybridized carbons (Fsp3) is 0.211. The molecule has 0 atom stereocenters. The number of benzene rings is 2. The molecule has 3 aromatic rings. The summed E-state index contributed by atoms with van der Waals surface area (Å²) in [5.41, 5.74) is 4.19. The summed E-state index contributed by atoms with van der Waals surface area (Å²) in [5, 5.41) is 1.16. The van der Waals surface area contributed by atoms with Gasteiger partial charge in [0.05, 0.1) is 11.9 Å². The van der Waals surface area contributed by atoms with Crippen LogP contribution in [0.1, 0.15) is 16.8 Å². The van der Waals surface area contributed by atoms with Gasteiger partial charge < -0.3 is 9.88 Å². The quantitative estimate of drug-likeness (QED) is 0.703. The van der Waals surface area contributed by atoms with Gasteiger partial charge in [0, 0.05) is 40.6 Å². The molecule has 0 radical (unpaired) electrons. The molecule has 0 spiro atoms. The van der Waals surface area contributed by atoms with Gasteiger partial charge in [0.25, 0.3) is 0 Å². The minimum atomic E-state index is -0.303. The van der Waals surface area contributed by atoms with Crippen LogP contribution >= 0.6 is 15.9 Å². The van der Waals surface area contributed by atoms with E-state index in [-0.39, 0.29) is 18.1 Å². The molecule has 24 heavy (non-hydrogen) atoms. The predicted molar refractivity (Wildman–Crippen MR) is 95.2 cm³/mol. The fourth-order valence-electron chi connectivity index (χ4n) is 3.35. The molecule has 5 heteroatoms. The van der Waals surface area contributed by atoms with Crippen LogP contribution in [-0.4, -0.2) is 22.3 Å². The van der Waals surface area contributed by atoms with Crippen LogP contribution in [0.3, 0.4) is 0 Å². The van der Waals surface area contributed by atoms with Gasteiger partial charge in [-0.3, -0.25) is 4.79 Å². The lowest BCUT2D eigenvalue weighted by Gasteiger charge is -2.27. The molecule has 3 nitrogen and oxygen atoms in total. The standard InChI is InChI=1S/C19H16BrFN2O/c20-16-6-2-5-14-15-11-23(8-7-17(15)22-19(14)16)18(24)10-12-3-1-4-13(21)9-12/h1-6,9,22H,7-8,10-11H2. The largest absolute Gasteiger partial charge is 0.357 e. The molecule has 1 aliphatic heterocycles. The van der Waals surface area contributed by atoms with Crippen molar-refractivity contribution in [1.29, 1.82) is 0 Å². The summed E-state index contributed by atoms with van der Waals surface area (Å²) < 4.78 is 14.3. The van der Waals surface area contributed by atoms with Crippen LogP contribution in [0.15, 0.2) is 46.9 Å². The van der Waals surface area contributed by atoms with Crippen LogP contribution in [0.5, 0.6) is 0 Å². The Labute approximate surface area is 147 Å². The van der Waals surface area contributed by atoms with Gasteiger partial charge in [-0.25, -0.2) is 4.39 Å². The zero-order chi connectivity index (χ0) is 16.7. The molecule has 0 fully saturated rings. The molecule has 0 saturated carbocycles. The third kappa shape index (κ3) is 2.73. The molecule has 2 aromatic carbocycles. The molecule has 0 saturated heterocycles. The van der Waals surface area contributed by atoms with E-state index in [1.54, 1.807) is 12.1 Å². The summed E-state index contributed by atoms with van der Waals surface area (Å²) in [7, 11) is 0. The summed E-state index contributed by atoms with van der Waals surface area (Å²) in [6.07, 6.45) is 1.05. The third-order valence-corrected chi connectivity index (χ3v) is 5.22. The van der Waals surface area contributed by atoms with Crippen molar-refractivity contribution in [3.05, 3.63) is 69.6 Å². The van der Waals surface area contributed by atoms with Crippen molar-refractivity contribution < 1.29 is 9.18 Å². The minimum absolute atomic E-state index is 0.0376. The highest BCUT2D eigenvalue weighted by Gasteiger charge is 2.24. The molecule has 2 heterocycles. The Morgan fingerprint density at radius 3 is 2.92 bits per heavy atom. The third-order valence-electron chi connectivity index (χ3n) is 4.56. The topological polar surface area (TPSA) is 36.1 Å². The Bertz CT molecular complexity index is 934. The highest BCUT2D eigenvalue weighted by atomic mass is 79.9. The fourth-order valence-corrected chi connectivity index (χ4v) is 3.81. The van der Waals surface area contributed by atoms with Crippen molar-refractivity contribution in [2.45, 2.75) is 19.4 Å².